The SMILES string of the molecule is CCOC(=O)/C(C)=C/[C@@H](OC)[C@H](O)c1ccc(OCCO[Si](CCC(F)(F)C(F)(F)C(F)(F)C(F)(F)C(F)(F)C(F)(F)C(F)(F)C(F)(F)F)(C(C)C)C(C)C)cc1. The molecule has 0 saturated carbocycles. The van der Waals surface area contributed by atoms with Gasteiger partial charge in [0, 0.05) is 19.1 Å². The van der Waals surface area contributed by atoms with E-state index in [1.54, 1.807) is 6.92 Å². The molecule has 0 bridgehead atoms. The fraction of sp³-hybridized carbons (Fsp3) is 0.727. The zero-order valence-corrected chi connectivity index (χ0v) is 32.1. The van der Waals surface area contributed by atoms with Crippen molar-refractivity contribution in [2.75, 3.05) is 26.9 Å². The molecule has 0 aliphatic carbocycles. The van der Waals surface area contributed by atoms with E-state index in [4.69, 9.17) is 18.6 Å². The number of carbonyl (C=O) groups is 1. The normalized spacial score (nSPS) is 15.9. The number of benzene rings is 1. The first-order chi connectivity index (χ1) is 25.5. The molecule has 0 aromatic heterocycles. The van der Waals surface area contributed by atoms with Gasteiger partial charge in [-0.25, -0.2) is 4.79 Å². The van der Waals surface area contributed by atoms with Crippen LogP contribution in [0.5, 0.6) is 5.75 Å². The summed E-state index contributed by atoms with van der Waals surface area (Å²) in [7, 11) is -2.70. The van der Waals surface area contributed by atoms with Gasteiger partial charge in [0.25, 0.3) is 0 Å². The lowest BCUT2D eigenvalue weighted by atomic mass is 9.88. The first-order valence-electron chi connectivity index (χ1n) is 16.7. The van der Waals surface area contributed by atoms with Crippen molar-refractivity contribution in [3.05, 3.63) is 41.5 Å². The van der Waals surface area contributed by atoms with E-state index in [-0.39, 0.29) is 23.5 Å². The van der Waals surface area contributed by atoms with Gasteiger partial charge in [-0.2, -0.15) is 74.6 Å². The van der Waals surface area contributed by atoms with E-state index in [1.165, 1.54) is 72.1 Å². The van der Waals surface area contributed by atoms with Crippen molar-refractivity contribution in [1.82, 2.24) is 0 Å². The molecule has 0 amide bonds. The number of halogens is 17. The van der Waals surface area contributed by atoms with Crippen LogP contribution in [-0.4, -0.2) is 100 Å². The lowest BCUT2D eigenvalue weighted by Gasteiger charge is -2.44. The molecular weight excluding hydrogens is 843 g/mol. The molecule has 0 heterocycles. The third-order valence-corrected chi connectivity index (χ3v) is 14.8. The molecular formula is C33H41F17O6Si. The standard InChI is InChI=1S/C33H41F17O6Si/c1-8-54-25(52)20(6)17-23(53-7)24(51)21-9-11-22(12-10-21)55-14-15-56-57(18(2)3,19(4)5)16-13-26(34,35)27(36,37)28(38,39)29(40,41)30(42,43)31(44,45)32(46,47)33(48,49)50/h9-12,17-19,23-24,51H,8,13-16H2,1-7H3/b20-17+/t23-,24-/m1/s1. The van der Waals surface area contributed by atoms with Crippen molar-refractivity contribution in [2.45, 2.75) is 125 Å². The molecule has 0 unspecified atom stereocenters. The fourth-order valence-electron chi connectivity index (χ4n) is 5.54. The molecule has 0 spiro atoms. The number of ether oxygens (including phenoxy) is 3. The minimum absolute atomic E-state index is 0.102. The summed E-state index contributed by atoms with van der Waals surface area (Å²) in [6.07, 6.45) is -11.4. The number of alkyl halides is 17. The third-order valence-electron chi connectivity index (χ3n) is 9.11. The Hall–Kier alpha value is -2.86. The second-order valence-electron chi connectivity index (χ2n) is 13.4. The van der Waals surface area contributed by atoms with Gasteiger partial charge < -0.3 is 23.7 Å². The first kappa shape index (κ1) is 52.2. The Bertz CT molecular complexity index is 1490. The van der Waals surface area contributed by atoms with Crippen LogP contribution in [0.3, 0.4) is 0 Å². The molecule has 2 atom stereocenters. The molecule has 57 heavy (non-hydrogen) atoms. The van der Waals surface area contributed by atoms with Gasteiger partial charge in [-0.3, -0.25) is 0 Å². The topological polar surface area (TPSA) is 74.2 Å². The molecule has 0 fully saturated rings. The van der Waals surface area contributed by atoms with Crippen molar-refractivity contribution < 1.29 is 103 Å². The quantitative estimate of drug-likeness (QED) is 0.0411. The largest absolute Gasteiger partial charge is 0.491 e. The van der Waals surface area contributed by atoms with Crippen LogP contribution in [0.1, 0.15) is 59.6 Å². The Balaban J connectivity index is 3.24. The van der Waals surface area contributed by atoms with Crippen LogP contribution in [0.25, 0.3) is 0 Å². The number of rotatable bonds is 22. The van der Waals surface area contributed by atoms with E-state index < -0.39 is 111 Å². The van der Waals surface area contributed by atoms with E-state index in [0.29, 0.717) is 0 Å². The predicted molar refractivity (Wildman–Crippen MR) is 170 cm³/mol. The molecule has 1 N–H and O–H groups in total. The van der Waals surface area contributed by atoms with Crippen LogP contribution in [-0.2, 0) is 18.7 Å². The van der Waals surface area contributed by atoms with Gasteiger partial charge in [-0.05, 0) is 54.7 Å². The second-order valence-corrected chi connectivity index (χ2v) is 18.4. The number of aliphatic hydroxyl groups is 1. The molecule has 24 heteroatoms. The van der Waals surface area contributed by atoms with Crippen LogP contribution in [0, 0.1) is 0 Å². The number of methoxy groups -OCH3 is 1. The summed E-state index contributed by atoms with van der Waals surface area (Å²) >= 11 is 0. The van der Waals surface area contributed by atoms with Gasteiger partial charge in [0.2, 0.25) is 0 Å². The van der Waals surface area contributed by atoms with E-state index in [1.807, 2.05) is 0 Å². The van der Waals surface area contributed by atoms with Crippen molar-refractivity contribution in [1.29, 1.82) is 0 Å². The summed E-state index contributed by atoms with van der Waals surface area (Å²) in [6, 6.07) is 4.17. The van der Waals surface area contributed by atoms with Crippen LogP contribution in [0.15, 0.2) is 35.9 Å². The smallest absolute Gasteiger partial charge is 0.460 e. The summed E-state index contributed by atoms with van der Waals surface area (Å²) in [5.74, 6) is -57.3. The zero-order chi connectivity index (χ0) is 45.0. The highest BCUT2D eigenvalue weighted by molar-refractivity contribution is 6.76. The highest BCUT2D eigenvalue weighted by Crippen LogP contribution is 2.64. The highest BCUT2D eigenvalue weighted by Gasteiger charge is 2.95. The molecule has 0 radical (unpaired) electrons. The van der Waals surface area contributed by atoms with Gasteiger partial charge >= 0.3 is 53.6 Å². The third kappa shape index (κ3) is 9.96. The van der Waals surface area contributed by atoms with Crippen molar-refractivity contribution in [2.24, 2.45) is 0 Å². The summed E-state index contributed by atoms with van der Waals surface area (Å²) in [6.45, 7) is 7.48. The Morgan fingerprint density at radius 3 is 1.56 bits per heavy atom. The van der Waals surface area contributed by atoms with E-state index in [2.05, 4.69) is 0 Å². The van der Waals surface area contributed by atoms with Crippen LogP contribution in [0.4, 0.5) is 74.6 Å². The molecule has 0 aliphatic rings. The Kier molecular flexibility index (Phi) is 16.6. The highest BCUT2D eigenvalue weighted by atomic mass is 28.4. The van der Waals surface area contributed by atoms with E-state index >= 15 is 0 Å². The molecule has 6 nitrogen and oxygen atoms in total. The average Bonchev–Trinajstić information content (AvgIpc) is 3.08. The minimum atomic E-state index is -8.69. The zero-order valence-electron chi connectivity index (χ0n) is 31.1. The van der Waals surface area contributed by atoms with Gasteiger partial charge in [0.1, 0.15) is 24.6 Å². The molecule has 1 aromatic carbocycles. The minimum Gasteiger partial charge on any atom is -0.491 e. The Morgan fingerprint density at radius 1 is 0.719 bits per heavy atom. The summed E-state index contributed by atoms with van der Waals surface area (Å²) < 4.78 is 256. The van der Waals surface area contributed by atoms with Gasteiger partial charge in [0.05, 0.1) is 13.2 Å². The second kappa shape index (κ2) is 18.2. The van der Waals surface area contributed by atoms with Gasteiger partial charge in [-0.1, -0.05) is 39.8 Å². The lowest BCUT2D eigenvalue weighted by Crippen LogP contribution is -2.74. The molecule has 0 saturated heterocycles. The Morgan fingerprint density at radius 2 is 1.16 bits per heavy atom. The molecule has 0 aliphatic heterocycles. The number of hydrogen-bond acceptors (Lipinski definition) is 6. The monoisotopic (exact) mass is 884 g/mol. The fourth-order valence-corrected chi connectivity index (χ4v) is 10.0. The van der Waals surface area contributed by atoms with Crippen LogP contribution in [0.2, 0.25) is 17.1 Å². The summed E-state index contributed by atoms with van der Waals surface area (Å²) in [5.41, 5.74) is -1.31. The van der Waals surface area contributed by atoms with Crippen LogP contribution >= 0.6 is 0 Å². The van der Waals surface area contributed by atoms with Crippen LogP contribution < -0.4 is 4.74 Å². The number of aliphatic hydroxyl groups excluding tert-OH is 1. The first-order valence-corrected chi connectivity index (χ1v) is 18.9. The average molecular weight is 885 g/mol. The van der Waals surface area contributed by atoms with Gasteiger partial charge in [0.15, 0.2) is 8.32 Å². The molecule has 1 aromatic rings. The number of hydrogen-bond donors (Lipinski definition) is 1. The molecule has 1 rings (SSSR count). The van der Waals surface area contributed by atoms with Gasteiger partial charge in [-0.15, -0.1) is 0 Å². The van der Waals surface area contributed by atoms with E-state index in [0.717, 1.165) is 0 Å². The number of esters is 1. The maximum atomic E-state index is 14.9. The maximum Gasteiger partial charge on any atom is 0.460 e. The van der Waals surface area contributed by atoms with E-state index in [9.17, 15) is 84.5 Å². The molecule has 332 valence electrons. The number of carbonyl (C=O) groups excluding carboxylic acids is 1. The van der Waals surface area contributed by atoms with Crippen molar-refractivity contribution in [3.63, 3.8) is 0 Å². The van der Waals surface area contributed by atoms with Crippen molar-refractivity contribution in [3.8, 4) is 5.75 Å². The summed E-state index contributed by atoms with van der Waals surface area (Å²) in [4.78, 5) is 11.9. The predicted octanol–water partition coefficient (Wildman–Crippen LogP) is 10.8. The lowest BCUT2D eigenvalue weighted by molar-refractivity contribution is -0.461. The summed E-state index contributed by atoms with van der Waals surface area (Å²) in [5, 5.41) is 10.7. The Labute approximate surface area is 316 Å². The van der Waals surface area contributed by atoms with Crippen molar-refractivity contribution >= 4 is 14.3 Å². The maximum absolute atomic E-state index is 14.9.